The summed E-state index contributed by atoms with van der Waals surface area (Å²) < 4.78 is 47.2. The van der Waals surface area contributed by atoms with E-state index >= 15 is 0 Å². The molecule has 0 saturated carbocycles. The Balaban J connectivity index is 1.74. The van der Waals surface area contributed by atoms with Crippen molar-refractivity contribution in [1.29, 1.82) is 0 Å². The van der Waals surface area contributed by atoms with Gasteiger partial charge in [0.1, 0.15) is 0 Å². The highest BCUT2D eigenvalue weighted by Crippen LogP contribution is 2.30. The first kappa shape index (κ1) is 22.2. The van der Waals surface area contributed by atoms with Crippen LogP contribution in [0, 0.1) is 0 Å². The fourth-order valence-electron chi connectivity index (χ4n) is 3.15. The lowest BCUT2D eigenvalue weighted by molar-refractivity contribution is -0.274. The van der Waals surface area contributed by atoms with E-state index in [-0.39, 0.29) is 23.4 Å². The number of guanidine groups is 1. The van der Waals surface area contributed by atoms with Crippen LogP contribution < -0.4 is 15.8 Å². The largest absolute Gasteiger partial charge is 0.573 e. The van der Waals surface area contributed by atoms with Gasteiger partial charge in [-0.1, -0.05) is 35.9 Å². The van der Waals surface area contributed by atoms with Crippen LogP contribution in [0.2, 0.25) is 5.02 Å². The second kappa shape index (κ2) is 10.0. The third-order valence-corrected chi connectivity index (χ3v) is 4.80. The molecule has 2 aromatic rings. The standard InChI is InChI=1S/C20H22ClF3N4O2/c21-15-7-5-14(6-8-15)17(28-9-11-29-12-10-28)13-26-19(25)27-16-3-1-2-4-18(16)30-20(22,23)24/h1-8,17H,9-13H2,(H3,25,26,27). The Labute approximate surface area is 177 Å². The number of aliphatic imine (C=N–C) groups is 1. The number of hydrogen-bond acceptors (Lipinski definition) is 4. The SMILES string of the molecule is NC(=NCC(c1ccc(Cl)cc1)N1CCOCC1)Nc1ccccc1OC(F)(F)F. The Morgan fingerprint density at radius 1 is 1.17 bits per heavy atom. The molecular weight excluding hydrogens is 421 g/mol. The van der Waals surface area contributed by atoms with Crippen molar-refractivity contribution in [3.63, 3.8) is 0 Å². The van der Waals surface area contributed by atoms with E-state index in [1.165, 1.54) is 18.2 Å². The molecule has 30 heavy (non-hydrogen) atoms. The number of benzene rings is 2. The summed E-state index contributed by atoms with van der Waals surface area (Å²) >= 11 is 6.00. The molecule has 0 radical (unpaired) electrons. The van der Waals surface area contributed by atoms with Crippen LogP contribution in [0.3, 0.4) is 0 Å². The van der Waals surface area contributed by atoms with Crippen LogP contribution in [0.15, 0.2) is 53.5 Å². The Hall–Kier alpha value is -2.49. The topological polar surface area (TPSA) is 72.1 Å². The first-order chi connectivity index (χ1) is 14.3. The van der Waals surface area contributed by atoms with Crippen molar-refractivity contribution >= 4 is 23.2 Å². The summed E-state index contributed by atoms with van der Waals surface area (Å²) in [6.07, 6.45) is -4.81. The van der Waals surface area contributed by atoms with Crippen molar-refractivity contribution in [2.45, 2.75) is 12.4 Å². The number of ether oxygens (including phenoxy) is 2. The van der Waals surface area contributed by atoms with Crippen molar-refractivity contribution in [2.75, 3.05) is 38.2 Å². The van der Waals surface area contributed by atoms with Gasteiger partial charge in [-0.05, 0) is 29.8 Å². The van der Waals surface area contributed by atoms with Crippen LogP contribution in [0.4, 0.5) is 18.9 Å². The lowest BCUT2D eigenvalue weighted by Gasteiger charge is -2.34. The van der Waals surface area contributed by atoms with Crippen LogP contribution >= 0.6 is 11.6 Å². The number of nitrogens with two attached hydrogens (primary N) is 1. The first-order valence-electron chi connectivity index (χ1n) is 9.31. The highest BCUT2D eigenvalue weighted by Gasteiger charge is 2.32. The number of hydrogen-bond donors (Lipinski definition) is 2. The molecule has 1 heterocycles. The molecule has 1 atom stereocenters. The number of alkyl halides is 3. The number of nitrogens with zero attached hydrogens (tertiary/aromatic N) is 2. The summed E-state index contributed by atoms with van der Waals surface area (Å²) in [5, 5.41) is 3.32. The van der Waals surface area contributed by atoms with Gasteiger partial charge in [-0.2, -0.15) is 0 Å². The Morgan fingerprint density at radius 2 is 1.83 bits per heavy atom. The minimum absolute atomic E-state index is 0.0135. The maximum Gasteiger partial charge on any atom is 0.573 e. The molecule has 3 rings (SSSR count). The average molecular weight is 443 g/mol. The van der Waals surface area contributed by atoms with Gasteiger partial charge in [0.2, 0.25) is 0 Å². The Kier molecular flexibility index (Phi) is 7.41. The van der Waals surface area contributed by atoms with Crippen LogP contribution in [-0.2, 0) is 4.74 Å². The molecule has 162 valence electrons. The molecule has 0 aliphatic carbocycles. The number of nitrogens with one attached hydrogen (secondary N) is 1. The van der Waals surface area contributed by atoms with Gasteiger partial charge in [-0.15, -0.1) is 13.2 Å². The van der Waals surface area contributed by atoms with Gasteiger partial charge in [0.25, 0.3) is 0 Å². The summed E-state index contributed by atoms with van der Waals surface area (Å²) in [7, 11) is 0. The second-order valence-corrected chi connectivity index (χ2v) is 7.05. The van der Waals surface area contributed by atoms with Crippen LogP contribution in [0.1, 0.15) is 11.6 Å². The molecular formula is C20H22ClF3N4O2. The predicted octanol–water partition coefficient (Wildman–Crippen LogP) is 4.04. The number of rotatable bonds is 6. The van der Waals surface area contributed by atoms with Crippen molar-refractivity contribution < 1.29 is 22.6 Å². The molecule has 1 aliphatic rings. The zero-order valence-corrected chi connectivity index (χ0v) is 16.8. The van der Waals surface area contributed by atoms with Gasteiger partial charge in [0.15, 0.2) is 11.7 Å². The van der Waals surface area contributed by atoms with Gasteiger partial charge in [0, 0.05) is 18.1 Å². The molecule has 2 aromatic carbocycles. The van der Waals surface area contributed by atoms with Crippen LogP contribution in [0.5, 0.6) is 5.75 Å². The average Bonchev–Trinajstić information content (AvgIpc) is 2.71. The number of morpholine rings is 1. The smallest absolute Gasteiger partial charge is 0.404 e. The number of anilines is 1. The summed E-state index contributed by atoms with van der Waals surface area (Å²) in [6.45, 7) is 3.01. The van der Waals surface area contributed by atoms with Crippen LogP contribution in [-0.4, -0.2) is 50.1 Å². The highest BCUT2D eigenvalue weighted by atomic mass is 35.5. The Morgan fingerprint density at radius 3 is 2.50 bits per heavy atom. The molecule has 0 bridgehead atoms. The van der Waals surface area contributed by atoms with Gasteiger partial charge in [-0.3, -0.25) is 9.89 Å². The quantitative estimate of drug-likeness (QED) is 0.522. The molecule has 3 N–H and O–H groups in total. The second-order valence-electron chi connectivity index (χ2n) is 6.61. The molecule has 0 aromatic heterocycles. The molecule has 6 nitrogen and oxygen atoms in total. The summed E-state index contributed by atoms with van der Waals surface area (Å²) in [4.78, 5) is 6.59. The van der Waals surface area contributed by atoms with E-state index in [4.69, 9.17) is 22.1 Å². The highest BCUT2D eigenvalue weighted by molar-refractivity contribution is 6.30. The normalized spacial score (nSPS) is 16.9. The van der Waals surface area contributed by atoms with E-state index in [0.29, 0.717) is 24.8 Å². The van der Waals surface area contributed by atoms with Crippen molar-refractivity contribution in [3.8, 4) is 5.75 Å². The van der Waals surface area contributed by atoms with Crippen molar-refractivity contribution in [2.24, 2.45) is 10.7 Å². The van der Waals surface area contributed by atoms with E-state index in [9.17, 15) is 13.2 Å². The van der Waals surface area contributed by atoms with E-state index in [0.717, 1.165) is 18.7 Å². The zero-order chi connectivity index (χ0) is 21.6. The number of para-hydroxylation sites is 2. The summed E-state index contributed by atoms with van der Waals surface area (Å²) in [5.41, 5.74) is 7.04. The monoisotopic (exact) mass is 442 g/mol. The molecule has 1 aliphatic heterocycles. The van der Waals surface area contributed by atoms with Gasteiger partial charge >= 0.3 is 6.36 Å². The minimum Gasteiger partial charge on any atom is -0.404 e. The molecule has 1 unspecified atom stereocenters. The zero-order valence-electron chi connectivity index (χ0n) is 16.0. The van der Waals surface area contributed by atoms with Gasteiger partial charge in [0.05, 0.1) is 31.5 Å². The van der Waals surface area contributed by atoms with E-state index in [2.05, 4.69) is 19.9 Å². The number of halogens is 4. The van der Waals surface area contributed by atoms with Crippen molar-refractivity contribution in [1.82, 2.24) is 4.90 Å². The van der Waals surface area contributed by atoms with E-state index in [1.807, 2.05) is 12.1 Å². The Bertz CT molecular complexity index is 856. The lowest BCUT2D eigenvalue weighted by atomic mass is 10.0. The molecule has 0 spiro atoms. The van der Waals surface area contributed by atoms with Gasteiger partial charge in [-0.25, -0.2) is 0 Å². The third-order valence-electron chi connectivity index (χ3n) is 4.55. The fourth-order valence-corrected chi connectivity index (χ4v) is 3.28. The fraction of sp³-hybridized carbons (Fsp3) is 0.350. The maximum atomic E-state index is 12.6. The molecule has 1 fully saturated rings. The van der Waals surface area contributed by atoms with E-state index in [1.54, 1.807) is 18.2 Å². The molecule has 0 amide bonds. The van der Waals surface area contributed by atoms with Gasteiger partial charge < -0.3 is 20.5 Å². The molecule has 1 saturated heterocycles. The van der Waals surface area contributed by atoms with Crippen LogP contribution in [0.25, 0.3) is 0 Å². The third kappa shape index (κ3) is 6.51. The molecule has 10 heteroatoms. The van der Waals surface area contributed by atoms with E-state index < -0.39 is 6.36 Å². The summed E-state index contributed by atoms with van der Waals surface area (Å²) in [5.74, 6) is -0.397. The predicted molar refractivity (Wildman–Crippen MR) is 110 cm³/mol. The summed E-state index contributed by atoms with van der Waals surface area (Å²) in [6, 6.07) is 13.0. The van der Waals surface area contributed by atoms with Crippen molar-refractivity contribution in [3.05, 3.63) is 59.1 Å². The minimum atomic E-state index is -4.81. The first-order valence-corrected chi connectivity index (χ1v) is 9.68. The lowest BCUT2D eigenvalue weighted by Crippen LogP contribution is -2.40. The maximum absolute atomic E-state index is 12.6.